The van der Waals surface area contributed by atoms with Gasteiger partial charge in [0.25, 0.3) is 0 Å². The number of carbonyl (C=O) groups is 1. The molecule has 0 saturated heterocycles. The summed E-state index contributed by atoms with van der Waals surface area (Å²) in [5.74, 6) is 1.59. The molecule has 0 aromatic heterocycles. The summed E-state index contributed by atoms with van der Waals surface area (Å²) in [6.07, 6.45) is -0.398. The number of fused-ring (bicyclic) bond motifs is 1. The topological polar surface area (TPSA) is 47.6 Å². The largest absolute Gasteiger partial charge is 0.460 e. The molecule has 29 heavy (non-hydrogen) atoms. The molecule has 0 fully saturated rings. The highest BCUT2D eigenvalue weighted by Crippen LogP contribution is 2.40. The van der Waals surface area contributed by atoms with E-state index in [-0.39, 0.29) is 5.91 Å². The fourth-order valence-corrected chi connectivity index (χ4v) is 4.58. The summed E-state index contributed by atoms with van der Waals surface area (Å²) in [4.78, 5) is 12.3. The molecule has 0 spiro atoms. The predicted molar refractivity (Wildman–Crippen MR) is 119 cm³/mol. The monoisotopic (exact) mass is 469 g/mol. The first-order valence-corrected chi connectivity index (χ1v) is 11.0. The Morgan fingerprint density at radius 3 is 2.62 bits per heavy atom. The number of hydrogen-bond donors (Lipinski definition) is 1. The van der Waals surface area contributed by atoms with Gasteiger partial charge in [0, 0.05) is 44.4 Å². The van der Waals surface area contributed by atoms with E-state index in [9.17, 15) is 4.79 Å². The zero-order chi connectivity index (χ0) is 20.2. The minimum absolute atomic E-state index is 0.0708. The average molecular weight is 470 g/mol. The molecule has 0 radical (unpaired) electrons. The van der Waals surface area contributed by atoms with Crippen LogP contribution in [0.25, 0.3) is 0 Å². The van der Waals surface area contributed by atoms with Crippen molar-refractivity contribution < 1.29 is 14.3 Å². The molecule has 3 aromatic rings. The normalized spacial score (nSPS) is 15.3. The summed E-state index contributed by atoms with van der Waals surface area (Å²) in [5.41, 5.74) is 3.97. The number of hydrogen-bond acceptors (Lipinski definition) is 4. The van der Waals surface area contributed by atoms with E-state index < -0.39 is 6.29 Å². The van der Waals surface area contributed by atoms with Gasteiger partial charge < -0.3 is 14.8 Å². The van der Waals surface area contributed by atoms with Crippen molar-refractivity contribution in [1.29, 1.82) is 0 Å². The van der Waals surface area contributed by atoms with E-state index in [0.29, 0.717) is 6.61 Å². The lowest BCUT2D eigenvalue weighted by Crippen LogP contribution is -2.19. The van der Waals surface area contributed by atoms with Gasteiger partial charge in [-0.1, -0.05) is 46.3 Å². The summed E-state index contributed by atoms with van der Waals surface area (Å²) < 4.78 is 13.2. The molecule has 1 atom stereocenters. The van der Waals surface area contributed by atoms with Crippen LogP contribution in [0.2, 0.25) is 0 Å². The van der Waals surface area contributed by atoms with Gasteiger partial charge in [0.15, 0.2) is 0 Å². The van der Waals surface area contributed by atoms with Crippen LogP contribution >= 0.6 is 27.7 Å². The van der Waals surface area contributed by atoms with E-state index in [1.165, 1.54) is 6.92 Å². The second-order valence-corrected chi connectivity index (χ2v) is 8.68. The van der Waals surface area contributed by atoms with Crippen molar-refractivity contribution in [2.24, 2.45) is 0 Å². The molecule has 1 N–H and O–H groups in total. The molecule has 0 saturated carbocycles. The third-order valence-corrected chi connectivity index (χ3v) is 5.98. The molecule has 6 heteroatoms. The Labute approximate surface area is 182 Å². The van der Waals surface area contributed by atoms with Gasteiger partial charge in [-0.05, 0) is 36.4 Å². The van der Waals surface area contributed by atoms with Crippen molar-refractivity contribution in [3.8, 4) is 5.75 Å². The molecule has 1 amide bonds. The molecular formula is C23H20BrNO3S. The number of ether oxygens (including phenoxy) is 2. The van der Waals surface area contributed by atoms with Crippen molar-refractivity contribution in [3.63, 3.8) is 0 Å². The van der Waals surface area contributed by atoms with Crippen LogP contribution in [0.4, 0.5) is 5.69 Å². The van der Waals surface area contributed by atoms with Crippen molar-refractivity contribution in [2.75, 3.05) is 5.32 Å². The Bertz CT molecular complexity index is 1010. The van der Waals surface area contributed by atoms with Crippen molar-refractivity contribution in [1.82, 2.24) is 0 Å². The van der Waals surface area contributed by atoms with E-state index in [0.717, 1.165) is 43.2 Å². The predicted octanol–water partition coefficient (Wildman–Crippen LogP) is 6.31. The van der Waals surface area contributed by atoms with Crippen LogP contribution < -0.4 is 10.1 Å². The van der Waals surface area contributed by atoms with E-state index in [1.54, 1.807) is 11.8 Å². The van der Waals surface area contributed by atoms with E-state index in [4.69, 9.17) is 9.47 Å². The number of rotatable bonds is 5. The molecule has 4 rings (SSSR count). The van der Waals surface area contributed by atoms with Crippen LogP contribution in [0.5, 0.6) is 5.75 Å². The van der Waals surface area contributed by atoms with Crippen LogP contribution in [-0.4, -0.2) is 5.91 Å². The molecule has 0 aliphatic carbocycles. The Morgan fingerprint density at radius 2 is 1.90 bits per heavy atom. The fraction of sp³-hybridized carbons (Fsp3) is 0.174. The number of anilines is 1. The summed E-state index contributed by atoms with van der Waals surface area (Å²) >= 11 is 5.32. The lowest BCUT2D eigenvalue weighted by atomic mass is 10.1. The molecule has 3 aromatic carbocycles. The van der Waals surface area contributed by atoms with Gasteiger partial charge in [0.05, 0.1) is 6.61 Å². The highest BCUT2D eigenvalue weighted by molar-refractivity contribution is 9.10. The Morgan fingerprint density at radius 1 is 1.14 bits per heavy atom. The SMILES string of the molecule is CC(=O)Nc1ccc(SCc2cc(Br)cc3c2O[C@@H](c2ccccc2)OC3)cc1. The molecule has 1 aliphatic rings. The van der Waals surface area contributed by atoms with Crippen molar-refractivity contribution >= 4 is 39.3 Å². The van der Waals surface area contributed by atoms with Crippen LogP contribution in [0.3, 0.4) is 0 Å². The number of carbonyl (C=O) groups excluding carboxylic acids is 1. The smallest absolute Gasteiger partial charge is 0.227 e. The van der Waals surface area contributed by atoms with Crippen molar-refractivity contribution in [3.05, 3.63) is 87.9 Å². The summed E-state index contributed by atoms with van der Waals surface area (Å²) in [6, 6.07) is 22.0. The zero-order valence-electron chi connectivity index (χ0n) is 15.9. The highest BCUT2D eigenvalue weighted by Gasteiger charge is 2.24. The molecular weight excluding hydrogens is 450 g/mol. The Balaban J connectivity index is 1.51. The van der Waals surface area contributed by atoms with E-state index in [2.05, 4.69) is 27.3 Å². The molecule has 1 aliphatic heterocycles. The maximum atomic E-state index is 11.2. The molecule has 148 valence electrons. The van der Waals surface area contributed by atoms with Gasteiger partial charge in [0.1, 0.15) is 5.75 Å². The van der Waals surface area contributed by atoms with E-state index >= 15 is 0 Å². The van der Waals surface area contributed by atoms with Gasteiger partial charge in [-0.2, -0.15) is 0 Å². The molecule has 1 heterocycles. The lowest BCUT2D eigenvalue weighted by molar-refractivity contribution is -0.114. The molecule has 0 bridgehead atoms. The minimum atomic E-state index is -0.398. The average Bonchev–Trinajstić information content (AvgIpc) is 2.73. The lowest BCUT2D eigenvalue weighted by Gasteiger charge is -2.28. The minimum Gasteiger partial charge on any atom is -0.460 e. The number of halogens is 1. The fourth-order valence-electron chi connectivity index (χ4n) is 3.16. The second kappa shape index (κ2) is 9.03. The van der Waals surface area contributed by atoms with Crippen LogP contribution in [0.15, 0.2) is 76.1 Å². The van der Waals surface area contributed by atoms with Crippen molar-refractivity contribution in [2.45, 2.75) is 30.5 Å². The van der Waals surface area contributed by atoms with Gasteiger partial charge in [-0.3, -0.25) is 4.79 Å². The quantitative estimate of drug-likeness (QED) is 0.444. The van der Waals surface area contributed by atoms with Crippen LogP contribution in [0, 0.1) is 0 Å². The maximum Gasteiger partial charge on any atom is 0.227 e. The highest BCUT2D eigenvalue weighted by atomic mass is 79.9. The number of thioether (sulfide) groups is 1. The first-order chi connectivity index (χ1) is 14.1. The molecule has 0 unspecified atom stereocenters. The third kappa shape index (κ3) is 5.01. The summed E-state index contributed by atoms with van der Waals surface area (Å²) in [5, 5.41) is 2.79. The third-order valence-electron chi connectivity index (χ3n) is 4.46. The van der Waals surface area contributed by atoms with Gasteiger partial charge in [0.2, 0.25) is 12.2 Å². The Kier molecular flexibility index (Phi) is 6.23. The second-order valence-electron chi connectivity index (χ2n) is 6.72. The molecule has 4 nitrogen and oxygen atoms in total. The summed E-state index contributed by atoms with van der Waals surface area (Å²) in [7, 11) is 0. The maximum absolute atomic E-state index is 11.2. The van der Waals surface area contributed by atoms with E-state index in [1.807, 2.05) is 60.7 Å². The number of nitrogens with one attached hydrogen (secondary N) is 1. The number of amides is 1. The first-order valence-electron chi connectivity index (χ1n) is 9.23. The Hall–Kier alpha value is -2.28. The standard InChI is InChI=1S/C23H20BrNO3S/c1-15(26)25-20-7-9-21(10-8-20)29-14-18-12-19(24)11-17-13-27-23(28-22(17)18)16-5-3-2-4-6-16/h2-12,23H,13-14H2,1H3,(H,25,26)/t23-/m0/s1. The zero-order valence-corrected chi connectivity index (χ0v) is 18.3. The summed E-state index contributed by atoms with van der Waals surface area (Å²) in [6.45, 7) is 2.02. The van der Waals surface area contributed by atoms with Crippen LogP contribution in [-0.2, 0) is 21.9 Å². The van der Waals surface area contributed by atoms with Gasteiger partial charge >= 0.3 is 0 Å². The first kappa shape index (κ1) is 20.0. The number of benzene rings is 3. The van der Waals surface area contributed by atoms with Gasteiger partial charge in [-0.15, -0.1) is 11.8 Å². The van der Waals surface area contributed by atoms with Crippen LogP contribution in [0.1, 0.15) is 29.9 Å². The van der Waals surface area contributed by atoms with Gasteiger partial charge in [-0.25, -0.2) is 0 Å².